The Labute approximate surface area is 189 Å². The van der Waals surface area contributed by atoms with E-state index in [1.54, 1.807) is 0 Å². The maximum atomic E-state index is 13.7. The van der Waals surface area contributed by atoms with Crippen LogP contribution in [-0.2, 0) is 6.54 Å². The van der Waals surface area contributed by atoms with E-state index >= 15 is 0 Å². The first-order chi connectivity index (χ1) is 15.3. The van der Waals surface area contributed by atoms with Crippen molar-refractivity contribution in [1.29, 1.82) is 0 Å². The predicted molar refractivity (Wildman–Crippen MR) is 129 cm³/mol. The molecule has 0 atom stereocenters. The lowest BCUT2D eigenvalue weighted by molar-refractivity contribution is 0.0683. The molecule has 2 heterocycles. The number of amides is 1. The van der Waals surface area contributed by atoms with Crippen molar-refractivity contribution in [3.05, 3.63) is 88.4 Å². The largest absolute Gasteiger partial charge is 0.329 e. The fraction of sp³-hybridized carbons (Fsp3) is 0.296. The number of hydrogen-bond donors (Lipinski definition) is 0. The molecule has 0 unspecified atom stereocenters. The smallest absolute Gasteiger partial charge is 0.255 e. The van der Waals surface area contributed by atoms with Crippen LogP contribution in [0.4, 0.5) is 0 Å². The second-order valence-corrected chi connectivity index (χ2v) is 8.85. The number of nitrogens with zero attached hydrogens (tertiary/aromatic N) is 4. The molecule has 4 aromatic rings. The minimum Gasteiger partial charge on any atom is -0.329 e. The monoisotopic (exact) mass is 426 g/mol. The van der Waals surface area contributed by atoms with Gasteiger partial charge >= 0.3 is 0 Å². The van der Waals surface area contributed by atoms with Gasteiger partial charge in [0.05, 0.1) is 17.6 Å². The summed E-state index contributed by atoms with van der Waals surface area (Å²) in [6.45, 7) is 12.6. The van der Waals surface area contributed by atoms with Gasteiger partial charge in [-0.3, -0.25) is 9.36 Å². The molecule has 2 aromatic carbocycles. The van der Waals surface area contributed by atoms with Gasteiger partial charge in [-0.2, -0.15) is 0 Å². The summed E-state index contributed by atoms with van der Waals surface area (Å²) < 4.78 is 2.06. The molecule has 5 nitrogen and oxygen atoms in total. The number of benzene rings is 2. The van der Waals surface area contributed by atoms with E-state index in [0.29, 0.717) is 6.54 Å². The number of imidazole rings is 1. The van der Waals surface area contributed by atoms with Gasteiger partial charge in [0.25, 0.3) is 5.91 Å². The Morgan fingerprint density at radius 2 is 1.66 bits per heavy atom. The zero-order chi connectivity index (χ0) is 23.0. The number of para-hydroxylation sites is 2. The highest BCUT2D eigenvalue weighted by Crippen LogP contribution is 2.25. The third-order valence-corrected chi connectivity index (χ3v) is 5.84. The third kappa shape index (κ3) is 4.03. The summed E-state index contributed by atoms with van der Waals surface area (Å²) in [5.74, 6) is 1.63. The quantitative estimate of drug-likeness (QED) is 0.411. The summed E-state index contributed by atoms with van der Waals surface area (Å²) in [6, 6.07) is 16.2. The van der Waals surface area contributed by atoms with Crippen LogP contribution in [0, 0.1) is 27.7 Å². The number of aromatic nitrogens is 3. The number of hydrogen-bond acceptors (Lipinski definition) is 3. The molecule has 1 amide bonds. The van der Waals surface area contributed by atoms with Gasteiger partial charge in [0.15, 0.2) is 0 Å². The van der Waals surface area contributed by atoms with E-state index in [4.69, 9.17) is 4.98 Å². The lowest BCUT2D eigenvalue weighted by Gasteiger charge is -2.28. The highest BCUT2D eigenvalue weighted by Gasteiger charge is 2.25. The number of carbonyl (C=O) groups excluding carboxylic acids is 1. The number of aryl methyl sites for hydroxylation is 4. The molecule has 0 N–H and O–H groups in total. The van der Waals surface area contributed by atoms with E-state index in [-0.39, 0.29) is 11.9 Å². The van der Waals surface area contributed by atoms with Crippen LogP contribution >= 0.6 is 0 Å². The molecular weight excluding hydrogens is 396 g/mol. The highest BCUT2D eigenvalue weighted by molar-refractivity contribution is 5.97. The van der Waals surface area contributed by atoms with Gasteiger partial charge in [0, 0.05) is 17.8 Å². The summed E-state index contributed by atoms with van der Waals surface area (Å²) in [5, 5.41) is 0. The van der Waals surface area contributed by atoms with Crippen LogP contribution in [0.15, 0.2) is 54.7 Å². The Morgan fingerprint density at radius 3 is 2.28 bits per heavy atom. The Morgan fingerprint density at radius 1 is 0.969 bits per heavy atom. The van der Waals surface area contributed by atoms with Crippen molar-refractivity contribution < 1.29 is 4.79 Å². The van der Waals surface area contributed by atoms with E-state index in [1.165, 1.54) is 5.56 Å². The van der Waals surface area contributed by atoms with Crippen LogP contribution in [-0.4, -0.2) is 31.4 Å². The standard InChI is InChI=1S/C27H30N4O/c1-17(2)30(27(32)26-20(5)13-19(4)14-21(26)6)16-25-29-22-9-7-8-10-23(22)31(25)24-12-11-18(3)15-28-24/h7-15,17H,16H2,1-6H3. The first-order valence-electron chi connectivity index (χ1n) is 11.0. The minimum absolute atomic E-state index is 0.0156. The van der Waals surface area contributed by atoms with E-state index in [2.05, 4.69) is 28.6 Å². The first-order valence-corrected chi connectivity index (χ1v) is 11.0. The second kappa shape index (κ2) is 8.58. The molecule has 0 aliphatic rings. The zero-order valence-electron chi connectivity index (χ0n) is 19.7. The zero-order valence-corrected chi connectivity index (χ0v) is 19.7. The molecule has 0 saturated carbocycles. The van der Waals surface area contributed by atoms with Gasteiger partial charge in [-0.05, 0) is 76.4 Å². The van der Waals surface area contributed by atoms with Crippen LogP contribution in [0.1, 0.15) is 52.3 Å². The number of rotatable bonds is 5. The van der Waals surface area contributed by atoms with E-state index in [9.17, 15) is 4.79 Å². The van der Waals surface area contributed by atoms with Gasteiger partial charge in [-0.25, -0.2) is 9.97 Å². The predicted octanol–water partition coefficient (Wildman–Crippen LogP) is 5.70. The van der Waals surface area contributed by atoms with Gasteiger partial charge in [0.2, 0.25) is 0 Å². The van der Waals surface area contributed by atoms with Gasteiger partial charge < -0.3 is 4.90 Å². The molecule has 0 aliphatic heterocycles. The number of carbonyl (C=O) groups is 1. The number of fused-ring (bicyclic) bond motifs is 1. The lowest BCUT2D eigenvalue weighted by atomic mass is 9.98. The van der Waals surface area contributed by atoms with Gasteiger partial charge in [-0.1, -0.05) is 35.9 Å². The number of pyridine rings is 1. The Bertz CT molecular complexity index is 1260. The summed E-state index contributed by atoms with van der Waals surface area (Å²) >= 11 is 0. The fourth-order valence-electron chi connectivity index (χ4n) is 4.33. The van der Waals surface area contributed by atoms with Crippen molar-refractivity contribution in [3.63, 3.8) is 0 Å². The van der Waals surface area contributed by atoms with Crippen LogP contribution in [0.2, 0.25) is 0 Å². The van der Waals surface area contributed by atoms with Crippen molar-refractivity contribution in [1.82, 2.24) is 19.4 Å². The van der Waals surface area contributed by atoms with Crippen LogP contribution in [0.5, 0.6) is 0 Å². The summed E-state index contributed by atoms with van der Waals surface area (Å²) in [6.07, 6.45) is 1.86. The molecule has 164 valence electrons. The summed E-state index contributed by atoms with van der Waals surface area (Å²) in [4.78, 5) is 25.2. The average molecular weight is 427 g/mol. The lowest BCUT2D eigenvalue weighted by Crippen LogP contribution is -2.38. The van der Waals surface area contributed by atoms with E-state index in [0.717, 1.165) is 44.9 Å². The minimum atomic E-state index is 0.0156. The third-order valence-electron chi connectivity index (χ3n) is 5.84. The molecule has 2 aromatic heterocycles. The topological polar surface area (TPSA) is 51.0 Å². The molecule has 0 saturated heterocycles. The molecular formula is C27H30N4O. The van der Waals surface area contributed by atoms with Crippen molar-refractivity contribution in [2.75, 3.05) is 0 Å². The average Bonchev–Trinajstić information content (AvgIpc) is 3.09. The maximum absolute atomic E-state index is 13.7. The Kier molecular flexibility index (Phi) is 5.83. The molecule has 0 spiro atoms. The van der Waals surface area contributed by atoms with Crippen molar-refractivity contribution in [2.24, 2.45) is 0 Å². The molecule has 0 aliphatic carbocycles. The SMILES string of the molecule is Cc1ccc(-n2c(CN(C(=O)c3c(C)cc(C)cc3C)C(C)C)nc3ccccc32)nc1. The van der Waals surface area contributed by atoms with Gasteiger partial charge in [0.1, 0.15) is 11.6 Å². The van der Waals surface area contributed by atoms with Crippen molar-refractivity contribution in [2.45, 2.75) is 54.1 Å². The molecule has 32 heavy (non-hydrogen) atoms. The molecule has 0 bridgehead atoms. The van der Waals surface area contributed by atoms with Gasteiger partial charge in [-0.15, -0.1) is 0 Å². The van der Waals surface area contributed by atoms with Crippen LogP contribution in [0.3, 0.4) is 0 Å². The fourth-order valence-corrected chi connectivity index (χ4v) is 4.33. The van der Waals surface area contributed by atoms with E-state index in [1.807, 2.05) is 82.1 Å². The summed E-state index contributed by atoms with van der Waals surface area (Å²) in [5.41, 5.74) is 6.93. The highest BCUT2D eigenvalue weighted by atomic mass is 16.2. The second-order valence-electron chi connectivity index (χ2n) is 8.85. The normalized spacial score (nSPS) is 11.3. The van der Waals surface area contributed by atoms with Crippen molar-refractivity contribution in [3.8, 4) is 5.82 Å². The Hall–Kier alpha value is -3.47. The van der Waals surface area contributed by atoms with Crippen LogP contribution in [0.25, 0.3) is 16.9 Å². The van der Waals surface area contributed by atoms with Crippen molar-refractivity contribution >= 4 is 16.9 Å². The Balaban J connectivity index is 1.81. The molecule has 5 heteroatoms. The molecule has 0 fully saturated rings. The van der Waals surface area contributed by atoms with E-state index < -0.39 is 0 Å². The molecule has 4 rings (SSSR count). The maximum Gasteiger partial charge on any atom is 0.255 e. The van der Waals surface area contributed by atoms with Crippen LogP contribution < -0.4 is 0 Å². The molecule has 0 radical (unpaired) electrons. The first kappa shape index (κ1) is 21.8. The summed E-state index contributed by atoms with van der Waals surface area (Å²) in [7, 11) is 0.